The molecule has 0 aromatic heterocycles. The molecule has 0 saturated heterocycles. The van der Waals surface area contributed by atoms with Gasteiger partial charge in [0.25, 0.3) is 0 Å². The van der Waals surface area contributed by atoms with Crippen LogP contribution in [0.4, 0.5) is 5.69 Å². The standard InChI is InChI=1S/C16H14BrNO2/c1-20-15-8-5-12(6-9-15)7-10-16(19)18-14-4-2-3-13(17)11-14/h2-11H,1H3,(H,18,19). The fourth-order valence-electron chi connectivity index (χ4n) is 1.64. The number of halogens is 1. The average Bonchev–Trinajstić information content (AvgIpc) is 2.46. The monoisotopic (exact) mass is 331 g/mol. The molecule has 0 aliphatic rings. The Morgan fingerprint density at radius 2 is 1.95 bits per heavy atom. The SMILES string of the molecule is COc1ccc(C=CC(=O)Nc2cccc(Br)c2)cc1. The summed E-state index contributed by atoms with van der Waals surface area (Å²) >= 11 is 3.36. The molecule has 0 unspecified atom stereocenters. The molecule has 2 rings (SSSR count). The summed E-state index contributed by atoms with van der Waals surface area (Å²) in [5.41, 5.74) is 1.69. The second kappa shape index (κ2) is 6.91. The summed E-state index contributed by atoms with van der Waals surface area (Å²) in [5, 5.41) is 2.80. The lowest BCUT2D eigenvalue weighted by molar-refractivity contribution is -0.111. The number of carbonyl (C=O) groups excluding carboxylic acids is 1. The molecule has 0 radical (unpaired) electrons. The Morgan fingerprint density at radius 1 is 1.20 bits per heavy atom. The first kappa shape index (κ1) is 14.3. The van der Waals surface area contributed by atoms with E-state index in [1.165, 1.54) is 6.08 Å². The second-order valence-electron chi connectivity index (χ2n) is 4.11. The Hall–Kier alpha value is -2.07. The van der Waals surface area contributed by atoms with Gasteiger partial charge in [0.2, 0.25) is 5.91 Å². The van der Waals surface area contributed by atoms with Crippen LogP contribution in [0.15, 0.2) is 59.1 Å². The van der Waals surface area contributed by atoms with Gasteiger partial charge in [-0.15, -0.1) is 0 Å². The zero-order valence-electron chi connectivity index (χ0n) is 11.0. The number of amides is 1. The van der Waals surface area contributed by atoms with Crippen molar-refractivity contribution in [1.29, 1.82) is 0 Å². The number of benzene rings is 2. The average molecular weight is 332 g/mol. The van der Waals surface area contributed by atoms with Crippen LogP contribution in [-0.2, 0) is 4.79 Å². The fourth-order valence-corrected chi connectivity index (χ4v) is 2.04. The summed E-state index contributed by atoms with van der Waals surface area (Å²) < 4.78 is 6.00. The molecule has 2 aromatic carbocycles. The van der Waals surface area contributed by atoms with E-state index in [1.54, 1.807) is 13.2 Å². The van der Waals surface area contributed by atoms with Crippen molar-refractivity contribution in [2.45, 2.75) is 0 Å². The molecule has 0 spiro atoms. The number of nitrogens with one attached hydrogen (secondary N) is 1. The highest BCUT2D eigenvalue weighted by Crippen LogP contribution is 2.16. The number of ether oxygens (including phenoxy) is 1. The number of anilines is 1. The van der Waals surface area contributed by atoms with E-state index in [2.05, 4.69) is 21.2 Å². The Kier molecular flexibility index (Phi) is 4.96. The van der Waals surface area contributed by atoms with Gasteiger partial charge in [0.15, 0.2) is 0 Å². The van der Waals surface area contributed by atoms with E-state index in [9.17, 15) is 4.79 Å². The third-order valence-electron chi connectivity index (χ3n) is 2.64. The van der Waals surface area contributed by atoms with Crippen molar-refractivity contribution in [1.82, 2.24) is 0 Å². The summed E-state index contributed by atoms with van der Waals surface area (Å²) in [6.45, 7) is 0. The number of hydrogen-bond acceptors (Lipinski definition) is 2. The van der Waals surface area contributed by atoms with Crippen molar-refractivity contribution >= 4 is 33.6 Å². The third-order valence-corrected chi connectivity index (χ3v) is 3.13. The van der Waals surface area contributed by atoms with Crippen LogP contribution < -0.4 is 10.1 Å². The molecule has 0 aliphatic carbocycles. The van der Waals surface area contributed by atoms with Gasteiger partial charge in [0, 0.05) is 16.2 Å². The van der Waals surface area contributed by atoms with Crippen molar-refractivity contribution in [3.05, 3.63) is 64.6 Å². The molecule has 20 heavy (non-hydrogen) atoms. The van der Waals surface area contributed by atoms with Gasteiger partial charge in [-0.3, -0.25) is 4.79 Å². The van der Waals surface area contributed by atoms with E-state index in [1.807, 2.05) is 48.5 Å². The van der Waals surface area contributed by atoms with Crippen LogP contribution in [0.25, 0.3) is 6.08 Å². The van der Waals surface area contributed by atoms with E-state index in [4.69, 9.17) is 4.74 Å². The topological polar surface area (TPSA) is 38.3 Å². The first-order valence-electron chi connectivity index (χ1n) is 6.06. The maximum absolute atomic E-state index is 11.8. The predicted molar refractivity (Wildman–Crippen MR) is 84.8 cm³/mol. The van der Waals surface area contributed by atoms with E-state index in [-0.39, 0.29) is 5.91 Å². The van der Waals surface area contributed by atoms with Gasteiger partial charge in [-0.2, -0.15) is 0 Å². The Morgan fingerprint density at radius 3 is 2.60 bits per heavy atom. The molecule has 0 bridgehead atoms. The molecular weight excluding hydrogens is 318 g/mol. The van der Waals surface area contributed by atoms with Crippen LogP contribution in [0.5, 0.6) is 5.75 Å². The second-order valence-corrected chi connectivity index (χ2v) is 5.02. The minimum atomic E-state index is -0.168. The van der Waals surface area contributed by atoms with Gasteiger partial charge in [0.1, 0.15) is 5.75 Å². The fraction of sp³-hybridized carbons (Fsp3) is 0.0625. The van der Waals surface area contributed by atoms with Gasteiger partial charge in [-0.1, -0.05) is 34.1 Å². The van der Waals surface area contributed by atoms with Crippen molar-refractivity contribution in [2.24, 2.45) is 0 Å². The van der Waals surface area contributed by atoms with Crippen LogP contribution in [0.1, 0.15) is 5.56 Å². The molecule has 0 heterocycles. The Labute approximate surface area is 126 Å². The smallest absolute Gasteiger partial charge is 0.248 e. The van der Waals surface area contributed by atoms with E-state index >= 15 is 0 Å². The number of methoxy groups -OCH3 is 1. The highest BCUT2D eigenvalue weighted by molar-refractivity contribution is 9.10. The molecule has 4 heteroatoms. The summed E-state index contributed by atoms with van der Waals surface area (Å²) in [6, 6.07) is 14.9. The van der Waals surface area contributed by atoms with Crippen LogP contribution in [0.2, 0.25) is 0 Å². The van der Waals surface area contributed by atoms with Gasteiger partial charge in [0.05, 0.1) is 7.11 Å². The summed E-state index contributed by atoms with van der Waals surface area (Å²) in [7, 11) is 1.62. The van der Waals surface area contributed by atoms with E-state index < -0.39 is 0 Å². The first-order chi connectivity index (χ1) is 9.67. The van der Waals surface area contributed by atoms with Gasteiger partial charge in [-0.25, -0.2) is 0 Å². The predicted octanol–water partition coefficient (Wildman–Crippen LogP) is 4.11. The molecule has 0 aliphatic heterocycles. The molecular formula is C16H14BrNO2. The molecule has 0 saturated carbocycles. The van der Waals surface area contributed by atoms with E-state index in [0.717, 1.165) is 21.5 Å². The summed E-state index contributed by atoms with van der Waals surface area (Å²) in [6.07, 6.45) is 3.26. The molecule has 1 N–H and O–H groups in total. The van der Waals surface area contributed by atoms with Crippen LogP contribution in [-0.4, -0.2) is 13.0 Å². The zero-order valence-corrected chi connectivity index (χ0v) is 12.6. The maximum Gasteiger partial charge on any atom is 0.248 e. The molecule has 0 fully saturated rings. The van der Waals surface area contributed by atoms with Gasteiger partial charge < -0.3 is 10.1 Å². The highest BCUT2D eigenvalue weighted by Gasteiger charge is 1.98. The molecule has 102 valence electrons. The number of hydrogen-bond donors (Lipinski definition) is 1. The normalized spacial score (nSPS) is 10.5. The molecule has 2 aromatic rings. The van der Waals surface area contributed by atoms with Gasteiger partial charge >= 0.3 is 0 Å². The lowest BCUT2D eigenvalue weighted by Gasteiger charge is -2.02. The Bertz CT molecular complexity index is 621. The molecule has 1 amide bonds. The lowest BCUT2D eigenvalue weighted by atomic mass is 10.2. The van der Waals surface area contributed by atoms with Crippen molar-refractivity contribution in [2.75, 3.05) is 12.4 Å². The van der Waals surface area contributed by atoms with Crippen molar-refractivity contribution in [3.63, 3.8) is 0 Å². The zero-order chi connectivity index (χ0) is 14.4. The Balaban J connectivity index is 1.98. The number of rotatable bonds is 4. The maximum atomic E-state index is 11.8. The summed E-state index contributed by atoms with van der Waals surface area (Å²) in [5.74, 6) is 0.625. The summed E-state index contributed by atoms with van der Waals surface area (Å²) in [4.78, 5) is 11.8. The number of carbonyl (C=O) groups is 1. The molecule has 0 atom stereocenters. The van der Waals surface area contributed by atoms with Crippen LogP contribution >= 0.6 is 15.9 Å². The largest absolute Gasteiger partial charge is 0.497 e. The van der Waals surface area contributed by atoms with Gasteiger partial charge in [-0.05, 0) is 42.0 Å². The van der Waals surface area contributed by atoms with Crippen molar-refractivity contribution in [3.8, 4) is 5.75 Å². The third kappa shape index (κ3) is 4.24. The lowest BCUT2D eigenvalue weighted by Crippen LogP contribution is -2.07. The minimum absolute atomic E-state index is 0.168. The van der Waals surface area contributed by atoms with E-state index in [0.29, 0.717) is 0 Å². The van der Waals surface area contributed by atoms with Crippen LogP contribution in [0.3, 0.4) is 0 Å². The highest BCUT2D eigenvalue weighted by atomic mass is 79.9. The molecule has 3 nitrogen and oxygen atoms in total. The minimum Gasteiger partial charge on any atom is -0.497 e. The first-order valence-corrected chi connectivity index (χ1v) is 6.85. The van der Waals surface area contributed by atoms with Crippen LogP contribution in [0, 0.1) is 0 Å². The van der Waals surface area contributed by atoms with Crippen molar-refractivity contribution < 1.29 is 9.53 Å². The quantitative estimate of drug-likeness (QED) is 0.856.